The summed E-state index contributed by atoms with van der Waals surface area (Å²) < 4.78 is 37.1. The van der Waals surface area contributed by atoms with E-state index in [-0.39, 0.29) is 5.75 Å². The molecule has 0 spiro atoms. The molecule has 0 heterocycles. The average molecular weight is 378 g/mol. The molecule has 0 aliphatic carbocycles. The van der Waals surface area contributed by atoms with Crippen LogP contribution in [0.5, 0.6) is 17.2 Å². The average Bonchev–Trinajstić information content (AvgIpc) is 2.60. The molecule has 0 unspecified atom stereocenters. The van der Waals surface area contributed by atoms with Crippen molar-refractivity contribution in [1.82, 2.24) is 0 Å². The van der Waals surface area contributed by atoms with E-state index in [2.05, 4.69) is 6.92 Å². The molecule has 0 radical (unpaired) electrons. The van der Waals surface area contributed by atoms with Crippen molar-refractivity contribution in [3.63, 3.8) is 0 Å². The number of rotatable bonds is 10. The van der Waals surface area contributed by atoms with E-state index in [1.807, 2.05) is 12.1 Å². The predicted octanol–water partition coefficient (Wildman–Crippen LogP) is 5.33. The summed E-state index contributed by atoms with van der Waals surface area (Å²) in [5.41, 5.74) is 1.21. The lowest BCUT2D eigenvalue weighted by atomic mass is 10.0. The first kappa shape index (κ1) is 20.3. The van der Waals surface area contributed by atoms with Gasteiger partial charge in [-0.25, -0.2) is 0 Å². The molecule has 0 aromatic heterocycles. The molecular formula is C20H26O5S. The Hall–Kier alpha value is -2.05. The standard InChI is InChI=1S/C20H26O5S/c1-2-3-4-5-6-7-9-16-12-14-17(15-13-16)25-18-10-8-11-19(20(18)21)26(22,23)24/h8,10-15,21H,2-7,9H2,1H3,(H,22,23,24). The van der Waals surface area contributed by atoms with Gasteiger partial charge in [-0.3, -0.25) is 4.55 Å². The number of unbranched alkanes of at least 4 members (excludes halogenated alkanes) is 5. The number of phenols is 1. The van der Waals surface area contributed by atoms with Crippen molar-refractivity contribution < 1.29 is 22.8 Å². The van der Waals surface area contributed by atoms with Crippen LogP contribution in [-0.4, -0.2) is 18.1 Å². The number of aromatic hydroxyl groups is 1. The van der Waals surface area contributed by atoms with Gasteiger partial charge < -0.3 is 9.84 Å². The third-order valence-electron chi connectivity index (χ3n) is 4.21. The van der Waals surface area contributed by atoms with Crippen molar-refractivity contribution in [2.45, 2.75) is 56.8 Å². The van der Waals surface area contributed by atoms with Crippen LogP contribution in [0.1, 0.15) is 51.0 Å². The lowest BCUT2D eigenvalue weighted by molar-refractivity contribution is 0.395. The molecule has 2 aromatic rings. The Bertz CT molecular complexity index is 797. The molecule has 0 aliphatic heterocycles. The fourth-order valence-corrected chi connectivity index (χ4v) is 3.35. The van der Waals surface area contributed by atoms with Crippen molar-refractivity contribution >= 4 is 10.1 Å². The van der Waals surface area contributed by atoms with Gasteiger partial charge in [-0.2, -0.15) is 8.42 Å². The summed E-state index contributed by atoms with van der Waals surface area (Å²) in [6.45, 7) is 2.21. The van der Waals surface area contributed by atoms with Gasteiger partial charge in [0.05, 0.1) is 0 Å². The van der Waals surface area contributed by atoms with E-state index in [1.54, 1.807) is 12.1 Å². The summed E-state index contributed by atoms with van der Waals surface area (Å²) in [6.07, 6.45) is 8.53. The molecule has 0 amide bonds. The lowest BCUT2D eigenvalue weighted by Crippen LogP contribution is -1.99. The van der Waals surface area contributed by atoms with E-state index in [0.29, 0.717) is 5.75 Å². The van der Waals surface area contributed by atoms with Gasteiger partial charge in [0.25, 0.3) is 10.1 Å². The number of hydrogen-bond donors (Lipinski definition) is 2. The van der Waals surface area contributed by atoms with E-state index in [0.717, 1.165) is 18.9 Å². The van der Waals surface area contributed by atoms with Crippen LogP contribution in [0.3, 0.4) is 0 Å². The van der Waals surface area contributed by atoms with Gasteiger partial charge in [0.15, 0.2) is 11.5 Å². The van der Waals surface area contributed by atoms with Gasteiger partial charge in [0.2, 0.25) is 0 Å². The highest BCUT2D eigenvalue weighted by Crippen LogP contribution is 2.35. The van der Waals surface area contributed by atoms with Crippen LogP contribution in [0.15, 0.2) is 47.4 Å². The van der Waals surface area contributed by atoms with Crippen molar-refractivity contribution in [3.8, 4) is 17.2 Å². The molecule has 26 heavy (non-hydrogen) atoms. The highest BCUT2D eigenvalue weighted by molar-refractivity contribution is 7.86. The van der Waals surface area contributed by atoms with Gasteiger partial charge in [-0.05, 0) is 42.7 Å². The zero-order valence-electron chi connectivity index (χ0n) is 15.0. The second-order valence-electron chi connectivity index (χ2n) is 6.34. The molecule has 5 nitrogen and oxygen atoms in total. The molecule has 0 aliphatic rings. The van der Waals surface area contributed by atoms with Gasteiger partial charge in [0.1, 0.15) is 10.6 Å². The number of benzene rings is 2. The minimum absolute atomic E-state index is 0.0243. The topological polar surface area (TPSA) is 83.8 Å². The molecule has 142 valence electrons. The van der Waals surface area contributed by atoms with Crippen LogP contribution < -0.4 is 4.74 Å². The first-order valence-corrected chi connectivity index (χ1v) is 10.4. The molecular weight excluding hydrogens is 352 g/mol. The minimum atomic E-state index is -4.50. The van der Waals surface area contributed by atoms with Crippen LogP contribution in [0.2, 0.25) is 0 Å². The van der Waals surface area contributed by atoms with Crippen molar-refractivity contribution in [3.05, 3.63) is 48.0 Å². The fourth-order valence-electron chi connectivity index (χ4n) is 2.75. The fraction of sp³-hybridized carbons (Fsp3) is 0.400. The summed E-state index contributed by atoms with van der Waals surface area (Å²) in [5.74, 6) is -0.144. The highest BCUT2D eigenvalue weighted by Gasteiger charge is 2.19. The molecule has 6 heteroatoms. The molecule has 0 atom stereocenters. The first-order chi connectivity index (χ1) is 12.4. The number of aryl methyl sites for hydroxylation is 1. The van der Waals surface area contributed by atoms with Crippen LogP contribution in [0.25, 0.3) is 0 Å². The maximum Gasteiger partial charge on any atom is 0.298 e. The lowest BCUT2D eigenvalue weighted by Gasteiger charge is -2.10. The summed E-state index contributed by atoms with van der Waals surface area (Å²) in [4.78, 5) is -0.574. The van der Waals surface area contributed by atoms with Crippen LogP contribution in [0.4, 0.5) is 0 Å². The van der Waals surface area contributed by atoms with Crippen molar-refractivity contribution in [2.24, 2.45) is 0 Å². The number of hydrogen-bond acceptors (Lipinski definition) is 4. The Kier molecular flexibility index (Phi) is 7.48. The van der Waals surface area contributed by atoms with E-state index >= 15 is 0 Å². The van der Waals surface area contributed by atoms with Gasteiger partial charge in [-0.1, -0.05) is 57.2 Å². The van der Waals surface area contributed by atoms with E-state index in [1.165, 1.54) is 49.8 Å². The second-order valence-corrected chi connectivity index (χ2v) is 7.73. The zero-order chi connectivity index (χ0) is 19.0. The zero-order valence-corrected chi connectivity index (χ0v) is 15.8. The third-order valence-corrected chi connectivity index (χ3v) is 5.10. The quantitative estimate of drug-likeness (QED) is 0.431. The number of ether oxygens (including phenoxy) is 1. The Morgan fingerprint density at radius 3 is 2.23 bits per heavy atom. The first-order valence-electron chi connectivity index (χ1n) is 8.98. The smallest absolute Gasteiger partial charge is 0.298 e. The molecule has 0 saturated heterocycles. The maximum atomic E-state index is 11.2. The van der Waals surface area contributed by atoms with E-state index < -0.39 is 20.8 Å². The monoisotopic (exact) mass is 378 g/mol. The predicted molar refractivity (Wildman–Crippen MR) is 102 cm³/mol. The van der Waals surface area contributed by atoms with Gasteiger partial charge in [0, 0.05) is 0 Å². The Labute approximate surface area is 155 Å². The highest BCUT2D eigenvalue weighted by atomic mass is 32.2. The molecule has 2 rings (SSSR count). The Morgan fingerprint density at radius 2 is 1.58 bits per heavy atom. The SMILES string of the molecule is CCCCCCCCc1ccc(Oc2cccc(S(=O)(=O)O)c2O)cc1. The van der Waals surface area contributed by atoms with Crippen molar-refractivity contribution in [1.29, 1.82) is 0 Å². The Balaban J connectivity index is 1.93. The molecule has 0 bridgehead atoms. The largest absolute Gasteiger partial charge is 0.503 e. The maximum absolute atomic E-state index is 11.2. The third kappa shape index (κ3) is 6.04. The summed E-state index contributed by atoms with van der Waals surface area (Å²) in [5, 5.41) is 9.98. The summed E-state index contributed by atoms with van der Waals surface area (Å²) in [6, 6.07) is 11.4. The molecule has 0 saturated carbocycles. The molecule has 2 N–H and O–H groups in total. The van der Waals surface area contributed by atoms with Crippen LogP contribution >= 0.6 is 0 Å². The summed E-state index contributed by atoms with van der Waals surface area (Å²) in [7, 11) is -4.50. The molecule has 2 aromatic carbocycles. The van der Waals surface area contributed by atoms with Crippen molar-refractivity contribution in [2.75, 3.05) is 0 Å². The van der Waals surface area contributed by atoms with E-state index in [4.69, 9.17) is 9.29 Å². The Morgan fingerprint density at radius 1 is 0.923 bits per heavy atom. The number of phenolic OH excluding ortho intramolecular Hbond substituents is 1. The normalized spacial score (nSPS) is 11.5. The van der Waals surface area contributed by atoms with Crippen LogP contribution in [-0.2, 0) is 16.5 Å². The van der Waals surface area contributed by atoms with Gasteiger partial charge in [-0.15, -0.1) is 0 Å². The van der Waals surface area contributed by atoms with Gasteiger partial charge >= 0.3 is 0 Å². The minimum Gasteiger partial charge on any atom is -0.503 e. The second kappa shape index (κ2) is 9.59. The number of para-hydroxylation sites is 1. The summed E-state index contributed by atoms with van der Waals surface area (Å²) >= 11 is 0. The van der Waals surface area contributed by atoms with E-state index in [9.17, 15) is 13.5 Å². The molecule has 0 fully saturated rings. The van der Waals surface area contributed by atoms with Crippen LogP contribution in [0, 0.1) is 0 Å².